The summed E-state index contributed by atoms with van der Waals surface area (Å²) in [5.74, 6) is 0. The van der Waals surface area contributed by atoms with Gasteiger partial charge in [0, 0.05) is 0 Å². The summed E-state index contributed by atoms with van der Waals surface area (Å²) in [6, 6.07) is 0. The molecule has 6 N–H and O–H groups in total. The first-order valence-corrected chi connectivity index (χ1v) is 1.95. The molecule has 0 bridgehead atoms. The van der Waals surface area contributed by atoms with Crippen LogP contribution in [0.15, 0.2) is 0 Å². The van der Waals surface area contributed by atoms with Gasteiger partial charge >= 0.3 is 9.17 Å². The molecule has 0 saturated carbocycles. The quantitative estimate of drug-likeness (QED) is 0.356. The van der Waals surface area contributed by atoms with Crippen LogP contribution in [0.2, 0.25) is 0 Å². The maximum Gasteiger partial charge on any atom is 0.761 e. The lowest BCUT2D eigenvalue weighted by Crippen LogP contribution is -1.90. The van der Waals surface area contributed by atoms with Gasteiger partial charge in [0.25, 0.3) is 0 Å². The van der Waals surface area contributed by atoms with Crippen molar-refractivity contribution in [3.8, 4) is 0 Å². The van der Waals surface area contributed by atoms with E-state index in [1.54, 1.807) is 0 Å². The van der Waals surface area contributed by atoms with Gasteiger partial charge in [0.2, 0.25) is 0 Å². The molecule has 5 nitrogen and oxygen atoms in total. The fraction of sp³-hybridized carbons (Fsp3) is 0. The van der Waals surface area contributed by atoms with Crippen molar-refractivity contribution in [3.63, 3.8) is 0 Å². The standard InChI is InChI=1S/2Al.H2O3Si.2H2O.6H/c;;1-4(2)3;;;;;;;;/h;;1-2H;2*1H2;;;;;;. The monoisotopic (exact) mass is 174 g/mol. The van der Waals surface area contributed by atoms with Crippen molar-refractivity contribution in [2.75, 3.05) is 0 Å². The highest BCUT2D eigenvalue weighted by molar-refractivity contribution is 6.22. The molecule has 0 aliphatic rings. The van der Waals surface area contributed by atoms with Crippen molar-refractivity contribution >= 4 is 43.9 Å². The van der Waals surface area contributed by atoms with E-state index in [0.29, 0.717) is 0 Å². The van der Waals surface area contributed by atoms with Gasteiger partial charge in [-0.1, -0.05) is 0 Å². The van der Waals surface area contributed by atoms with Gasteiger partial charge in [0.15, 0.2) is 34.7 Å². The highest BCUT2D eigenvalue weighted by Crippen LogP contribution is 1.27. The van der Waals surface area contributed by atoms with Crippen LogP contribution in [-0.2, 0) is 4.46 Å². The maximum absolute atomic E-state index is 8.74. The topological polar surface area (TPSA) is 121 Å². The molecule has 0 spiro atoms. The summed E-state index contributed by atoms with van der Waals surface area (Å²) in [5, 5.41) is 0. The molecule has 0 aliphatic carbocycles. The third-order valence-electron chi connectivity index (χ3n) is 0. The molecule has 8 heavy (non-hydrogen) atoms. The van der Waals surface area contributed by atoms with Gasteiger partial charge in [-0.15, -0.1) is 0 Å². The Kier molecular flexibility index (Phi) is 122. The highest BCUT2D eigenvalue weighted by atomic mass is 28.3. The lowest BCUT2D eigenvalue weighted by Gasteiger charge is -1.55. The summed E-state index contributed by atoms with van der Waals surface area (Å²) in [6.45, 7) is 0. The fourth-order valence-electron chi connectivity index (χ4n) is 0. The Hall–Kier alpha value is 0.602. The highest BCUT2D eigenvalue weighted by Gasteiger charge is 1.85. The predicted octanol–water partition coefficient (Wildman–Crippen LogP) is -5.63. The Morgan fingerprint density at radius 1 is 1.00 bits per heavy atom. The zero-order chi connectivity index (χ0) is 3.58. The second-order valence-corrected chi connectivity index (χ2v) is 0.848. The minimum atomic E-state index is -3.13. The van der Waals surface area contributed by atoms with Crippen LogP contribution in [0.3, 0.4) is 0 Å². The van der Waals surface area contributed by atoms with Crippen molar-refractivity contribution in [1.29, 1.82) is 0 Å². The number of hydrogen-bond acceptors (Lipinski definition) is 1. The van der Waals surface area contributed by atoms with E-state index in [1.807, 2.05) is 0 Å². The zero-order valence-electron chi connectivity index (χ0n) is 2.80. The molecule has 0 aliphatic heterocycles. The Morgan fingerprint density at radius 2 is 1.00 bits per heavy atom. The molecule has 0 saturated heterocycles. The summed E-state index contributed by atoms with van der Waals surface area (Å²) in [5.41, 5.74) is 0. The van der Waals surface area contributed by atoms with Crippen LogP contribution in [0, 0.1) is 0 Å². The molecular formula is H12Al2O5Si. The first-order chi connectivity index (χ1) is 1.73. The van der Waals surface area contributed by atoms with Crippen molar-refractivity contribution in [2.24, 2.45) is 0 Å². The van der Waals surface area contributed by atoms with E-state index in [0.717, 1.165) is 0 Å². The van der Waals surface area contributed by atoms with Gasteiger partial charge in [-0.05, 0) is 0 Å². The molecular weight excluding hydrogens is 162 g/mol. The lowest BCUT2D eigenvalue weighted by molar-refractivity contribution is 0.330. The van der Waals surface area contributed by atoms with Gasteiger partial charge in [-0.2, -0.15) is 0 Å². The van der Waals surface area contributed by atoms with Crippen molar-refractivity contribution in [3.05, 3.63) is 0 Å². The zero-order valence-corrected chi connectivity index (χ0v) is 3.80. The van der Waals surface area contributed by atoms with E-state index in [9.17, 15) is 0 Å². The largest absolute Gasteiger partial charge is 0.761 e. The Bertz CT molecular complexity index is 33.4. The molecule has 52 valence electrons. The fourth-order valence-corrected chi connectivity index (χ4v) is 0. The molecule has 0 fully saturated rings. The van der Waals surface area contributed by atoms with Crippen molar-refractivity contribution in [1.82, 2.24) is 0 Å². The molecule has 8 heteroatoms. The third-order valence-corrected chi connectivity index (χ3v) is 0. The Morgan fingerprint density at radius 3 is 1.00 bits per heavy atom. The Balaban J connectivity index is -0.00000000750. The normalized spacial score (nSPS) is 3.00. The summed E-state index contributed by atoms with van der Waals surface area (Å²) in [4.78, 5) is 14.3. The van der Waals surface area contributed by atoms with E-state index in [-0.39, 0.29) is 45.7 Å². The minimum absolute atomic E-state index is 0. The maximum atomic E-state index is 8.74. The van der Waals surface area contributed by atoms with E-state index in [2.05, 4.69) is 0 Å². The number of hydrogen-bond donors (Lipinski definition) is 2. The number of rotatable bonds is 0. The second-order valence-electron chi connectivity index (χ2n) is 0.283. The molecule has 0 aromatic carbocycles. The molecule has 0 unspecified atom stereocenters. The summed E-state index contributed by atoms with van der Waals surface area (Å²) in [7, 11) is -3.13. The van der Waals surface area contributed by atoms with E-state index < -0.39 is 9.17 Å². The van der Waals surface area contributed by atoms with Crippen LogP contribution in [0.1, 0.15) is 0 Å². The first kappa shape index (κ1) is 38.3. The molecule has 0 radical (unpaired) electrons. The first-order valence-electron chi connectivity index (χ1n) is 0.651. The van der Waals surface area contributed by atoms with Crippen LogP contribution < -0.4 is 0 Å². The predicted molar refractivity (Wildman–Crippen MR) is 38.0 cm³/mol. The SMILES string of the molecule is O.O.O=[Si](O)O.[AlH3].[AlH3]. The molecule has 0 atom stereocenters. The minimum Gasteiger partial charge on any atom is -0.511 e. The van der Waals surface area contributed by atoms with Crippen LogP contribution in [0.25, 0.3) is 0 Å². The van der Waals surface area contributed by atoms with Gasteiger partial charge in [0.1, 0.15) is 0 Å². The average Bonchev–Trinajstić information content (AvgIpc) is 0.811. The molecule has 0 rings (SSSR count). The molecule has 0 aromatic rings. The smallest absolute Gasteiger partial charge is 0.511 e. The van der Waals surface area contributed by atoms with Gasteiger partial charge in [-0.25, -0.2) is 0 Å². The van der Waals surface area contributed by atoms with Gasteiger partial charge in [-0.3, -0.25) is 4.46 Å². The van der Waals surface area contributed by atoms with E-state index in [4.69, 9.17) is 14.1 Å². The molecule has 0 amide bonds. The van der Waals surface area contributed by atoms with Crippen LogP contribution in [0.5, 0.6) is 0 Å². The molecule has 0 aromatic heterocycles. The van der Waals surface area contributed by atoms with E-state index >= 15 is 0 Å². The Labute approximate surface area is 69.1 Å². The van der Waals surface area contributed by atoms with Crippen LogP contribution >= 0.6 is 0 Å². The van der Waals surface area contributed by atoms with Crippen molar-refractivity contribution < 1.29 is 25.0 Å². The van der Waals surface area contributed by atoms with Crippen LogP contribution in [-0.4, -0.2) is 64.4 Å². The summed E-state index contributed by atoms with van der Waals surface area (Å²) in [6.07, 6.45) is 0. The second kappa shape index (κ2) is 25.5. The average molecular weight is 174 g/mol. The summed E-state index contributed by atoms with van der Waals surface area (Å²) < 4.78 is 8.74. The van der Waals surface area contributed by atoms with E-state index in [1.165, 1.54) is 0 Å². The van der Waals surface area contributed by atoms with Gasteiger partial charge < -0.3 is 20.5 Å². The summed E-state index contributed by atoms with van der Waals surface area (Å²) >= 11 is 0. The lowest BCUT2D eigenvalue weighted by atomic mass is 15.8. The van der Waals surface area contributed by atoms with Crippen LogP contribution in [0.4, 0.5) is 0 Å². The van der Waals surface area contributed by atoms with Crippen molar-refractivity contribution in [2.45, 2.75) is 0 Å². The third kappa shape index (κ3) is 572. The molecule has 0 heterocycles. The van der Waals surface area contributed by atoms with Gasteiger partial charge in [0.05, 0.1) is 0 Å².